The molecule has 2 aliphatic rings. The second-order valence-electron chi connectivity index (χ2n) is 5.08. The van der Waals surface area contributed by atoms with E-state index in [1.54, 1.807) is 30.3 Å². The topological polar surface area (TPSA) is 38.8 Å². The van der Waals surface area contributed by atoms with Crippen LogP contribution in [0.4, 0.5) is 10.1 Å². The van der Waals surface area contributed by atoms with Crippen LogP contribution in [0.2, 0.25) is 0 Å². The number of anilines is 1. The molecule has 2 aromatic carbocycles. The number of ether oxygens (including phenoxy) is 2. The first kappa shape index (κ1) is 15.2. The SMILES string of the molecule is O=C1/C(=C\c2ccc3c(c2)OCO3)SC(=S)N1c1ccccc1F. The summed E-state index contributed by atoms with van der Waals surface area (Å²) < 4.78 is 24.9. The summed E-state index contributed by atoms with van der Waals surface area (Å²) in [5.74, 6) is 0.477. The summed E-state index contributed by atoms with van der Waals surface area (Å²) in [6.45, 7) is 0.189. The van der Waals surface area contributed by atoms with Crippen LogP contribution in [0.5, 0.6) is 11.5 Å². The highest BCUT2D eigenvalue weighted by Crippen LogP contribution is 2.38. The molecule has 0 spiro atoms. The fourth-order valence-corrected chi connectivity index (χ4v) is 3.75. The first-order chi connectivity index (χ1) is 11.6. The lowest BCUT2D eigenvalue weighted by Gasteiger charge is -2.14. The Morgan fingerprint density at radius 3 is 2.79 bits per heavy atom. The maximum absolute atomic E-state index is 14.0. The number of amides is 1. The molecule has 0 bridgehead atoms. The van der Waals surface area contributed by atoms with Crippen LogP contribution in [0.3, 0.4) is 0 Å². The van der Waals surface area contributed by atoms with E-state index in [0.29, 0.717) is 20.7 Å². The zero-order valence-corrected chi connectivity index (χ0v) is 13.8. The molecule has 1 amide bonds. The number of hydrogen-bond acceptors (Lipinski definition) is 5. The van der Waals surface area contributed by atoms with E-state index in [9.17, 15) is 9.18 Å². The van der Waals surface area contributed by atoms with Crippen molar-refractivity contribution in [3.05, 3.63) is 58.8 Å². The molecule has 0 aromatic heterocycles. The third kappa shape index (κ3) is 2.55. The van der Waals surface area contributed by atoms with Crippen molar-refractivity contribution in [2.24, 2.45) is 0 Å². The van der Waals surface area contributed by atoms with Gasteiger partial charge in [0.05, 0.1) is 10.6 Å². The van der Waals surface area contributed by atoms with Gasteiger partial charge in [-0.3, -0.25) is 9.69 Å². The van der Waals surface area contributed by atoms with Gasteiger partial charge in [-0.25, -0.2) is 4.39 Å². The summed E-state index contributed by atoms with van der Waals surface area (Å²) >= 11 is 6.39. The smallest absolute Gasteiger partial charge is 0.270 e. The molecule has 4 nitrogen and oxygen atoms in total. The number of thioether (sulfide) groups is 1. The summed E-state index contributed by atoms with van der Waals surface area (Å²) in [6, 6.07) is 11.5. The number of hydrogen-bond donors (Lipinski definition) is 0. The monoisotopic (exact) mass is 359 g/mol. The molecule has 0 radical (unpaired) electrons. The minimum atomic E-state index is -0.488. The molecule has 4 rings (SSSR count). The normalized spacial score (nSPS) is 17.9. The molecular formula is C17H10FNO3S2. The average Bonchev–Trinajstić information content (AvgIpc) is 3.13. The third-order valence-corrected chi connectivity index (χ3v) is 4.88. The number of carbonyl (C=O) groups excluding carboxylic acids is 1. The van der Waals surface area contributed by atoms with Crippen LogP contribution < -0.4 is 14.4 Å². The maximum Gasteiger partial charge on any atom is 0.270 e. The second kappa shape index (κ2) is 5.92. The van der Waals surface area contributed by atoms with E-state index in [2.05, 4.69) is 0 Å². The van der Waals surface area contributed by atoms with Crippen molar-refractivity contribution in [3.63, 3.8) is 0 Å². The number of halogens is 1. The third-order valence-electron chi connectivity index (χ3n) is 3.58. The van der Waals surface area contributed by atoms with Gasteiger partial charge in [-0.2, -0.15) is 0 Å². The van der Waals surface area contributed by atoms with Crippen molar-refractivity contribution in [1.29, 1.82) is 0 Å². The van der Waals surface area contributed by atoms with E-state index >= 15 is 0 Å². The zero-order valence-electron chi connectivity index (χ0n) is 12.2. The fraction of sp³-hybridized carbons (Fsp3) is 0.0588. The molecule has 0 aliphatic carbocycles. The van der Waals surface area contributed by atoms with Crippen LogP contribution in [-0.2, 0) is 4.79 Å². The van der Waals surface area contributed by atoms with E-state index in [1.807, 2.05) is 6.07 Å². The van der Waals surface area contributed by atoms with Gasteiger partial charge in [0.25, 0.3) is 5.91 Å². The lowest BCUT2D eigenvalue weighted by Crippen LogP contribution is -2.28. The molecule has 120 valence electrons. The lowest BCUT2D eigenvalue weighted by molar-refractivity contribution is -0.113. The molecule has 24 heavy (non-hydrogen) atoms. The number of benzene rings is 2. The number of para-hydroxylation sites is 1. The van der Waals surface area contributed by atoms with Crippen molar-refractivity contribution >= 4 is 46.0 Å². The Hall–Kier alpha value is -2.38. The van der Waals surface area contributed by atoms with Gasteiger partial charge in [0.1, 0.15) is 5.82 Å². The minimum Gasteiger partial charge on any atom is -0.454 e. The second-order valence-corrected chi connectivity index (χ2v) is 6.76. The van der Waals surface area contributed by atoms with Crippen molar-refractivity contribution in [1.82, 2.24) is 0 Å². The zero-order chi connectivity index (χ0) is 16.7. The molecule has 2 heterocycles. The Morgan fingerprint density at radius 1 is 1.17 bits per heavy atom. The summed E-state index contributed by atoms with van der Waals surface area (Å²) in [6.07, 6.45) is 1.71. The van der Waals surface area contributed by atoms with E-state index < -0.39 is 5.82 Å². The predicted octanol–water partition coefficient (Wildman–Crippen LogP) is 3.96. The molecule has 1 saturated heterocycles. The van der Waals surface area contributed by atoms with Gasteiger partial charge in [-0.05, 0) is 35.9 Å². The van der Waals surface area contributed by atoms with E-state index in [1.165, 1.54) is 17.0 Å². The highest BCUT2D eigenvalue weighted by molar-refractivity contribution is 8.27. The number of thiocarbonyl (C=S) groups is 1. The predicted molar refractivity (Wildman–Crippen MR) is 94.6 cm³/mol. The minimum absolute atomic E-state index is 0.161. The van der Waals surface area contributed by atoms with Gasteiger partial charge < -0.3 is 9.47 Å². The van der Waals surface area contributed by atoms with Crippen molar-refractivity contribution < 1.29 is 18.7 Å². The molecule has 0 atom stereocenters. The van der Waals surface area contributed by atoms with Crippen LogP contribution in [0.15, 0.2) is 47.4 Å². The number of fused-ring (bicyclic) bond motifs is 1. The van der Waals surface area contributed by atoms with Crippen molar-refractivity contribution in [2.45, 2.75) is 0 Å². The molecule has 2 aliphatic heterocycles. The largest absolute Gasteiger partial charge is 0.454 e. The van der Waals surface area contributed by atoms with E-state index in [0.717, 1.165) is 17.3 Å². The van der Waals surface area contributed by atoms with Crippen LogP contribution in [-0.4, -0.2) is 17.0 Å². The van der Waals surface area contributed by atoms with Crippen LogP contribution >= 0.6 is 24.0 Å². The van der Waals surface area contributed by atoms with Gasteiger partial charge in [0, 0.05) is 0 Å². The van der Waals surface area contributed by atoms with Gasteiger partial charge in [-0.15, -0.1) is 0 Å². The van der Waals surface area contributed by atoms with E-state index in [-0.39, 0.29) is 18.4 Å². The molecule has 7 heteroatoms. The summed E-state index contributed by atoms with van der Waals surface area (Å²) in [7, 11) is 0. The lowest BCUT2D eigenvalue weighted by atomic mass is 10.2. The first-order valence-electron chi connectivity index (χ1n) is 7.05. The summed E-state index contributed by atoms with van der Waals surface area (Å²) in [5.41, 5.74) is 0.947. The molecular weight excluding hydrogens is 349 g/mol. The number of rotatable bonds is 2. The highest BCUT2D eigenvalue weighted by Gasteiger charge is 2.34. The Kier molecular flexibility index (Phi) is 3.74. The van der Waals surface area contributed by atoms with Crippen molar-refractivity contribution in [3.8, 4) is 11.5 Å². The van der Waals surface area contributed by atoms with Gasteiger partial charge in [-0.1, -0.05) is 42.2 Å². The standard InChI is InChI=1S/C17H10FNO3S2/c18-11-3-1-2-4-12(11)19-16(20)15(24-17(19)23)8-10-5-6-13-14(7-10)22-9-21-13/h1-8H,9H2/b15-8+. The Morgan fingerprint density at radius 2 is 1.96 bits per heavy atom. The summed E-state index contributed by atoms with van der Waals surface area (Å²) in [4.78, 5) is 14.3. The fourth-order valence-electron chi connectivity index (χ4n) is 2.46. The molecule has 2 aromatic rings. The Labute approximate surface area is 146 Å². The van der Waals surface area contributed by atoms with Gasteiger partial charge in [0.2, 0.25) is 6.79 Å². The first-order valence-corrected chi connectivity index (χ1v) is 8.28. The number of carbonyl (C=O) groups is 1. The molecule has 0 unspecified atom stereocenters. The van der Waals surface area contributed by atoms with Gasteiger partial charge >= 0.3 is 0 Å². The molecule has 0 N–H and O–H groups in total. The van der Waals surface area contributed by atoms with Crippen LogP contribution in [0, 0.1) is 5.82 Å². The van der Waals surface area contributed by atoms with Crippen molar-refractivity contribution in [2.75, 3.05) is 11.7 Å². The van der Waals surface area contributed by atoms with Gasteiger partial charge in [0.15, 0.2) is 15.8 Å². The quantitative estimate of drug-likeness (QED) is 0.599. The Bertz CT molecular complexity index is 897. The van der Waals surface area contributed by atoms with Crippen LogP contribution in [0.1, 0.15) is 5.56 Å². The Balaban J connectivity index is 1.67. The molecule has 0 saturated carbocycles. The maximum atomic E-state index is 14.0. The van der Waals surface area contributed by atoms with E-state index in [4.69, 9.17) is 21.7 Å². The molecule has 1 fully saturated rings. The summed E-state index contributed by atoms with van der Waals surface area (Å²) in [5, 5.41) is 0. The number of nitrogens with zero attached hydrogens (tertiary/aromatic N) is 1. The van der Waals surface area contributed by atoms with Crippen LogP contribution in [0.25, 0.3) is 6.08 Å². The average molecular weight is 359 g/mol. The highest BCUT2D eigenvalue weighted by atomic mass is 32.2.